The average molecular weight is 401 g/mol. The molecular weight excluding hydrogens is 376 g/mol. The average Bonchev–Trinajstić information content (AvgIpc) is 3.38. The van der Waals surface area contributed by atoms with E-state index in [4.69, 9.17) is 4.74 Å². The van der Waals surface area contributed by atoms with Crippen molar-refractivity contribution in [3.05, 3.63) is 54.0 Å². The molecule has 1 N–H and O–H groups in total. The first-order valence-corrected chi connectivity index (χ1v) is 9.72. The van der Waals surface area contributed by atoms with E-state index in [1.807, 2.05) is 23.3 Å². The molecule has 0 amide bonds. The minimum atomic E-state index is 0. The van der Waals surface area contributed by atoms with Gasteiger partial charge in [-0.3, -0.25) is 0 Å². The lowest BCUT2D eigenvalue weighted by Gasteiger charge is -2.26. The Hall–Kier alpha value is -2.22. The quantitative estimate of drug-likeness (QED) is 0.729. The van der Waals surface area contributed by atoms with Crippen LogP contribution in [0.15, 0.2) is 42.9 Å². The van der Waals surface area contributed by atoms with E-state index in [0.29, 0.717) is 6.04 Å². The fourth-order valence-corrected chi connectivity index (χ4v) is 4.13. The number of benzene rings is 1. The van der Waals surface area contributed by atoms with E-state index in [0.717, 1.165) is 57.0 Å². The minimum Gasteiger partial charge on any atom is -0.371 e. The second-order valence-corrected chi connectivity index (χ2v) is 7.28. The van der Waals surface area contributed by atoms with E-state index in [2.05, 4.69) is 49.4 Å². The van der Waals surface area contributed by atoms with Gasteiger partial charge >= 0.3 is 0 Å². The van der Waals surface area contributed by atoms with Crippen molar-refractivity contribution in [1.82, 2.24) is 29.9 Å². The number of ether oxygens (including phenoxy) is 1. The molecule has 3 aromatic rings. The summed E-state index contributed by atoms with van der Waals surface area (Å²) < 4.78 is 10.2. The van der Waals surface area contributed by atoms with Gasteiger partial charge in [-0.1, -0.05) is 29.5 Å². The highest BCUT2D eigenvalue weighted by molar-refractivity contribution is 5.85. The van der Waals surface area contributed by atoms with Crippen LogP contribution in [0, 0.1) is 0 Å². The number of halogens is 1. The Morgan fingerprint density at radius 1 is 1.18 bits per heavy atom. The lowest BCUT2D eigenvalue weighted by molar-refractivity contribution is 0.0309. The van der Waals surface area contributed by atoms with Crippen LogP contribution in [-0.2, 0) is 17.7 Å². The summed E-state index contributed by atoms with van der Waals surface area (Å²) in [6.45, 7) is 3.56. The molecule has 0 saturated carbocycles. The predicted molar refractivity (Wildman–Crippen MR) is 108 cm³/mol. The Morgan fingerprint density at radius 2 is 2.04 bits per heavy atom. The molecule has 4 heterocycles. The zero-order valence-electron chi connectivity index (χ0n) is 15.7. The molecule has 0 bridgehead atoms. The summed E-state index contributed by atoms with van der Waals surface area (Å²) in [5.41, 5.74) is 3.48. The molecule has 0 aliphatic carbocycles. The fraction of sp³-hybridized carbons (Fsp3) is 0.450. The highest BCUT2D eigenvalue weighted by atomic mass is 35.5. The fourth-order valence-electron chi connectivity index (χ4n) is 4.13. The molecule has 0 radical (unpaired) electrons. The number of fused-ring (bicyclic) bond motifs is 1. The van der Waals surface area contributed by atoms with Gasteiger partial charge in [0.2, 0.25) is 0 Å². The number of imidazole rings is 1. The third-order valence-corrected chi connectivity index (χ3v) is 5.59. The molecule has 1 unspecified atom stereocenters. The molecule has 2 aromatic heterocycles. The molecule has 1 fully saturated rings. The van der Waals surface area contributed by atoms with Crippen molar-refractivity contribution in [2.24, 2.45) is 0 Å². The Morgan fingerprint density at radius 3 is 2.93 bits per heavy atom. The molecule has 1 aromatic carbocycles. The third kappa shape index (κ3) is 3.70. The van der Waals surface area contributed by atoms with E-state index >= 15 is 0 Å². The summed E-state index contributed by atoms with van der Waals surface area (Å²) in [4.78, 5) is 4.55. The van der Waals surface area contributed by atoms with Gasteiger partial charge in [0.15, 0.2) is 5.82 Å². The van der Waals surface area contributed by atoms with Crippen LogP contribution in [0.2, 0.25) is 0 Å². The van der Waals surface area contributed by atoms with Crippen molar-refractivity contribution in [2.45, 2.75) is 38.0 Å². The predicted octanol–water partition coefficient (Wildman–Crippen LogP) is 2.80. The van der Waals surface area contributed by atoms with Gasteiger partial charge in [-0.15, -0.1) is 17.5 Å². The van der Waals surface area contributed by atoms with Crippen molar-refractivity contribution in [3.63, 3.8) is 0 Å². The van der Waals surface area contributed by atoms with Crippen molar-refractivity contribution >= 4 is 12.4 Å². The molecule has 7 nitrogen and oxygen atoms in total. The van der Waals surface area contributed by atoms with Crippen LogP contribution >= 0.6 is 12.4 Å². The second-order valence-electron chi connectivity index (χ2n) is 7.28. The van der Waals surface area contributed by atoms with Gasteiger partial charge in [-0.05, 0) is 43.5 Å². The van der Waals surface area contributed by atoms with Crippen LogP contribution < -0.4 is 5.32 Å². The van der Waals surface area contributed by atoms with Crippen LogP contribution in [0.25, 0.3) is 11.5 Å². The zero-order chi connectivity index (χ0) is 18.1. The maximum absolute atomic E-state index is 6.07. The Kier molecular flexibility index (Phi) is 5.75. The van der Waals surface area contributed by atoms with E-state index < -0.39 is 0 Å². The summed E-state index contributed by atoms with van der Waals surface area (Å²) >= 11 is 0. The molecule has 8 heteroatoms. The lowest BCUT2D eigenvalue weighted by atomic mass is 9.97. The largest absolute Gasteiger partial charge is 0.371 e. The van der Waals surface area contributed by atoms with Gasteiger partial charge in [0.05, 0.1) is 25.4 Å². The molecular formula is C20H25ClN6O. The summed E-state index contributed by atoms with van der Waals surface area (Å²) in [5.74, 6) is 0.849. The highest BCUT2D eigenvalue weighted by Gasteiger charge is 2.23. The van der Waals surface area contributed by atoms with Gasteiger partial charge in [0.1, 0.15) is 11.8 Å². The third-order valence-electron chi connectivity index (χ3n) is 5.59. The van der Waals surface area contributed by atoms with Gasteiger partial charge in [-0.25, -0.2) is 9.67 Å². The van der Waals surface area contributed by atoms with Gasteiger partial charge in [-0.2, -0.15) is 0 Å². The Bertz CT molecular complexity index is 917. The van der Waals surface area contributed by atoms with E-state index in [1.54, 1.807) is 0 Å². The number of piperidine rings is 1. The number of hydrogen-bond acceptors (Lipinski definition) is 5. The van der Waals surface area contributed by atoms with Gasteiger partial charge in [0.25, 0.3) is 0 Å². The first-order chi connectivity index (χ1) is 13.4. The van der Waals surface area contributed by atoms with E-state index in [-0.39, 0.29) is 18.5 Å². The van der Waals surface area contributed by atoms with Gasteiger partial charge < -0.3 is 14.6 Å². The SMILES string of the molecule is Cl.c1ccc2c(c1)CCOC2Cn1ccnc1-c1cn(C2CCNCC2)nn1. The normalized spacial score (nSPS) is 19.8. The maximum Gasteiger partial charge on any atom is 0.162 e. The van der Waals surface area contributed by atoms with Crippen LogP contribution in [-0.4, -0.2) is 44.2 Å². The van der Waals surface area contributed by atoms with Crippen molar-refractivity contribution in [1.29, 1.82) is 0 Å². The number of aromatic nitrogens is 5. The maximum atomic E-state index is 6.07. The number of rotatable bonds is 4. The van der Waals surface area contributed by atoms with E-state index in [9.17, 15) is 0 Å². The van der Waals surface area contributed by atoms with Crippen molar-refractivity contribution in [2.75, 3.05) is 19.7 Å². The van der Waals surface area contributed by atoms with Crippen molar-refractivity contribution < 1.29 is 4.74 Å². The van der Waals surface area contributed by atoms with Crippen LogP contribution in [0.3, 0.4) is 0 Å². The summed E-state index contributed by atoms with van der Waals surface area (Å²) in [7, 11) is 0. The minimum absolute atomic E-state index is 0. The molecule has 148 valence electrons. The van der Waals surface area contributed by atoms with Crippen LogP contribution in [0.1, 0.15) is 36.1 Å². The molecule has 28 heavy (non-hydrogen) atoms. The molecule has 2 aliphatic rings. The Labute approximate surface area is 170 Å². The van der Waals surface area contributed by atoms with Crippen molar-refractivity contribution in [3.8, 4) is 11.5 Å². The number of hydrogen-bond donors (Lipinski definition) is 1. The summed E-state index contributed by atoms with van der Waals surface area (Å²) in [6.07, 6.45) is 9.06. The monoisotopic (exact) mass is 400 g/mol. The first-order valence-electron chi connectivity index (χ1n) is 9.72. The lowest BCUT2D eigenvalue weighted by Crippen LogP contribution is -2.29. The zero-order valence-corrected chi connectivity index (χ0v) is 16.5. The number of nitrogens with zero attached hydrogens (tertiary/aromatic N) is 5. The van der Waals surface area contributed by atoms with Gasteiger partial charge in [0, 0.05) is 12.4 Å². The highest BCUT2D eigenvalue weighted by Crippen LogP contribution is 2.29. The van der Waals surface area contributed by atoms with Crippen LogP contribution in [0.5, 0.6) is 0 Å². The van der Waals surface area contributed by atoms with E-state index in [1.165, 1.54) is 11.1 Å². The number of nitrogens with one attached hydrogen (secondary N) is 1. The standard InChI is InChI=1S/C20H24N6O.ClH/c1-2-4-17-15(3-1)7-12-27-19(17)14-25-11-10-22-20(25)18-13-26(24-23-18)16-5-8-21-9-6-16;/h1-4,10-11,13,16,19,21H,5-9,12,14H2;1H. The molecule has 0 spiro atoms. The smallest absolute Gasteiger partial charge is 0.162 e. The first kappa shape index (κ1) is 19.1. The molecule has 1 atom stereocenters. The van der Waals surface area contributed by atoms with Crippen LogP contribution in [0.4, 0.5) is 0 Å². The molecule has 1 saturated heterocycles. The second kappa shape index (κ2) is 8.43. The Balaban J connectivity index is 0.00000192. The topological polar surface area (TPSA) is 69.8 Å². The molecule has 5 rings (SSSR count). The summed E-state index contributed by atoms with van der Waals surface area (Å²) in [5, 5.41) is 12.2. The summed E-state index contributed by atoms with van der Waals surface area (Å²) in [6, 6.07) is 8.97. The molecule has 2 aliphatic heterocycles.